The summed E-state index contributed by atoms with van der Waals surface area (Å²) < 4.78 is 5.49. The Morgan fingerprint density at radius 2 is 1.78 bits per heavy atom. The summed E-state index contributed by atoms with van der Waals surface area (Å²) in [6.45, 7) is 0. The quantitative estimate of drug-likeness (QED) is 0.719. The summed E-state index contributed by atoms with van der Waals surface area (Å²) in [4.78, 5) is 12.3. The van der Waals surface area contributed by atoms with Crippen LogP contribution in [-0.4, -0.2) is 11.1 Å². The van der Waals surface area contributed by atoms with Crippen LogP contribution < -0.4 is 10.4 Å². The first kappa shape index (κ1) is 15.6. The van der Waals surface area contributed by atoms with Crippen molar-refractivity contribution < 1.29 is 14.6 Å². The fraction of sp³-hybridized carbons (Fsp3) is 0.0417. The third kappa shape index (κ3) is 2.56. The van der Waals surface area contributed by atoms with Gasteiger partial charge in [0.25, 0.3) is 0 Å². The molecule has 3 aromatic rings. The molecule has 0 aliphatic heterocycles. The van der Waals surface area contributed by atoms with Crippen LogP contribution in [0.3, 0.4) is 0 Å². The topological polar surface area (TPSA) is 46.5 Å². The van der Waals surface area contributed by atoms with Gasteiger partial charge in [0.15, 0.2) is 0 Å². The van der Waals surface area contributed by atoms with Crippen molar-refractivity contribution in [1.82, 2.24) is 0 Å². The Morgan fingerprint density at radius 1 is 0.963 bits per heavy atom. The summed E-state index contributed by atoms with van der Waals surface area (Å²) in [5, 5.41) is 14.6. The first-order chi connectivity index (χ1) is 13.2. The predicted molar refractivity (Wildman–Crippen MR) is 106 cm³/mol. The van der Waals surface area contributed by atoms with E-state index in [-0.39, 0.29) is 11.3 Å². The minimum Gasteiger partial charge on any atom is -0.507 e. The Bertz CT molecular complexity index is 1290. The number of hydrogen-bond donors (Lipinski definition) is 1. The molecule has 0 radical (unpaired) electrons. The maximum atomic E-state index is 12.3. The van der Waals surface area contributed by atoms with Gasteiger partial charge in [-0.05, 0) is 63.0 Å². The van der Waals surface area contributed by atoms with Crippen LogP contribution in [0.4, 0.5) is 0 Å². The Balaban J connectivity index is 1.52. The van der Waals surface area contributed by atoms with Gasteiger partial charge >= 0.3 is 5.97 Å². The number of carbonyl (C=O) groups excluding carboxylic acids is 1. The molecule has 3 heteroatoms. The lowest BCUT2D eigenvalue weighted by molar-refractivity contribution is 0.0638. The Kier molecular flexibility index (Phi) is 3.47. The van der Waals surface area contributed by atoms with Gasteiger partial charge in [0.2, 0.25) is 0 Å². The van der Waals surface area contributed by atoms with E-state index in [2.05, 4.69) is 42.5 Å². The lowest BCUT2D eigenvalue weighted by Gasteiger charge is -2.14. The Hall–Kier alpha value is -3.59. The molecule has 5 rings (SSSR count). The number of phenols is 1. The highest BCUT2D eigenvalue weighted by Crippen LogP contribution is 2.24. The van der Waals surface area contributed by atoms with E-state index in [1.165, 1.54) is 33.2 Å². The maximum Gasteiger partial charge on any atom is 0.347 e. The molecule has 0 aromatic heterocycles. The van der Waals surface area contributed by atoms with E-state index in [1.54, 1.807) is 18.2 Å². The maximum absolute atomic E-state index is 12.3. The fourth-order valence-electron chi connectivity index (χ4n) is 3.76. The zero-order valence-corrected chi connectivity index (χ0v) is 14.5. The zero-order chi connectivity index (χ0) is 18.4. The van der Waals surface area contributed by atoms with E-state index in [9.17, 15) is 9.90 Å². The van der Waals surface area contributed by atoms with E-state index >= 15 is 0 Å². The number of aromatic hydroxyl groups is 1. The lowest BCUT2D eigenvalue weighted by atomic mass is 9.93. The number of phenolic OH excluding ortho intramolecular Hbond substituents is 1. The van der Waals surface area contributed by atoms with Gasteiger partial charge in [0.05, 0.1) is 0 Å². The van der Waals surface area contributed by atoms with Crippen LogP contribution in [0.5, 0.6) is 5.75 Å². The second-order valence-corrected chi connectivity index (χ2v) is 6.68. The number of benzene rings is 3. The second-order valence-electron chi connectivity index (χ2n) is 6.68. The van der Waals surface area contributed by atoms with Crippen LogP contribution >= 0.6 is 0 Å². The van der Waals surface area contributed by atoms with Gasteiger partial charge < -0.3 is 9.84 Å². The van der Waals surface area contributed by atoms with Gasteiger partial charge in [-0.1, -0.05) is 54.6 Å². The van der Waals surface area contributed by atoms with E-state index in [0.717, 1.165) is 5.22 Å². The fourth-order valence-corrected chi connectivity index (χ4v) is 3.76. The first-order valence-electron chi connectivity index (χ1n) is 8.86. The third-order valence-electron chi connectivity index (χ3n) is 5.10. The van der Waals surface area contributed by atoms with Crippen molar-refractivity contribution in [2.75, 3.05) is 0 Å². The smallest absolute Gasteiger partial charge is 0.347 e. The molecule has 0 bridgehead atoms. The molecule has 3 nitrogen and oxygen atoms in total. The van der Waals surface area contributed by atoms with Crippen LogP contribution in [0.1, 0.15) is 21.5 Å². The molecule has 0 spiro atoms. The van der Waals surface area contributed by atoms with Crippen molar-refractivity contribution in [2.24, 2.45) is 0 Å². The van der Waals surface area contributed by atoms with Crippen molar-refractivity contribution in [3.8, 4) is 5.75 Å². The second kappa shape index (κ2) is 5.99. The third-order valence-corrected chi connectivity index (χ3v) is 5.10. The molecule has 0 unspecified atom stereocenters. The lowest BCUT2D eigenvalue weighted by Crippen LogP contribution is -2.16. The number of esters is 1. The van der Waals surface area contributed by atoms with Crippen molar-refractivity contribution in [3.63, 3.8) is 0 Å². The molecule has 0 fully saturated rings. The van der Waals surface area contributed by atoms with Crippen LogP contribution in [0.2, 0.25) is 0 Å². The molecule has 0 amide bonds. The van der Waals surface area contributed by atoms with Gasteiger partial charge in [-0.15, -0.1) is 0 Å². The standard InChI is InChI=1S/C24H16O3/c25-23-7-2-1-5-22(23)24(26)27-17-10-13-19-16(14-17)9-12-20-18-6-3-4-15(18)8-11-21(19)20/h1-12,14,25H,13H2. The number of allylic oxidation sites excluding steroid dienone is 3. The Morgan fingerprint density at radius 3 is 2.67 bits per heavy atom. The Labute approximate surface area is 155 Å². The monoisotopic (exact) mass is 352 g/mol. The molecule has 1 N–H and O–H groups in total. The summed E-state index contributed by atoms with van der Waals surface area (Å²) in [5.74, 6) is -0.133. The summed E-state index contributed by atoms with van der Waals surface area (Å²) >= 11 is 0. The molecule has 2 aliphatic carbocycles. The van der Waals surface area contributed by atoms with Crippen LogP contribution in [-0.2, 0) is 11.2 Å². The van der Waals surface area contributed by atoms with Gasteiger partial charge in [-0.2, -0.15) is 0 Å². The number of carbonyl (C=O) groups is 1. The summed E-state index contributed by atoms with van der Waals surface area (Å²) in [7, 11) is 0. The van der Waals surface area contributed by atoms with E-state index < -0.39 is 5.97 Å². The normalized spacial score (nSPS) is 14.0. The minimum atomic E-state index is -0.557. The summed E-state index contributed by atoms with van der Waals surface area (Å²) in [5.41, 5.74) is 2.66. The van der Waals surface area contributed by atoms with Crippen molar-refractivity contribution in [3.05, 3.63) is 93.6 Å². The molecule has 27 heavy (non-hydrogen) atoms. The zero-order valence-electron chi connectivity index (χ0n) is 14.5. The summed E-state index contributed by atoms with van der Waals surface area (Å²) in [6, 6.07) is 14.9. The van der Waals surface area contributed by atoms with Gasteiger partial charge in [0.1, 0.15) is 17.1 Å². The van der Waals surface area contributed by atoms with E-state index in [1.807, 2.05) is 12.2 Å². The summed E-state index contributed by atoms with van der Waals surface area (Å²) in [6.07, 6.45) is 10.8. The van der Waals surface area contributed by atoms with Crippen LogP contribution in [0.25, 0.3) is 29.0 Å². The van der Waals surface area contributed by atoms with Crippen molar-refractivity contribution in [2.45, 2.75) is 6.42 Å². The van der Waals surface area contributed by atoms with E-state index in [4.69, 9.17) is 4.74 Å². The largest absolute Gasteiger partial charge is 0.507 e. The minimum absolute atomic E-state index is 0.0796. The van der Waals surface area contributed by atoms with Gasteiger partial charge in [0, 0.05) is 0 Å². The highest BCUT2D eigenvalue weighted by atomic mass is 16.5. The molecular formula is C24H16O3. The average molecular weight is 352 g/mol. The van der Waals surface area contributed by atoms with Crippen molar-refractivity contribution in [1.29, 1.82) is 0 Å². The van der Waals surface area contributed by atoms with Crippen LogP contribution in [0.15, 0.2) is 66.4 Å². The van der Waals surface area contributed by atoms with Gasteiger partial charge in [-0.3, -0.25) is 0 Å². The number of ether oxygens (including phenoxy) is 1. The first-order valence-corrected chi connectivity index (χ1v) is 8.86. The average Bonchev–Trinajstić information content (AvgIpc) is 3.17. The van der Waals surface area contributed by atoms with E-state index in [0.29, 0.717) is 12.2 Å². The molecule has 0 atom stereocenters. The van der Waals surface area contributed by atoms with Crippen molar-refractivity contribution >= 4 is 35.0 Å². The highest BCUT2D eigenvalue weighted by molar-refractivity contribution is 5.96. The highest BCUT2D eigenvalue weighted by Gasteiger charge is 2.16. The molecule has 0 heterocycles. The predicted octanol–water partition coefficient (Wildman–Crippen LogP) is 3.43. The molecule has 2 aliphatic rings. The van der Waals surface area contributed by atoms with Crippen LogP contribution in [0, 0.1) is 0 Å². The molecule has 0 saturated carbocycles. The number of hydrogen-bond acceptors (Lipinski definition) is 3. The molecular weight excluding hydrogens is 336 g/mol. The number of para-hydroxylation sites is 1. The van der Waals surface area contributed by atoms with Gasteiger partial charge in [-0.25, -0.2) is 4.79 Å². The number of fused-ring (bicyclic) bond motifs is 5. The number of rotatable bonds is 2. The molecule has 130 valence electrons. The molecule has 3 aromatic carbocycles. The molecule has 0 saturated heterocycles. The SMILES string of the molecule is O=C(OC1=CCc2c(ccc3c4c(ccc23)=CC=C4)=C1)c1ccccc1O.